The highest BCUT2D eigenvalue weighted by atomic mass is 35.5. The number of thiophene rings is 2. The lowest BCUT2D eigenvalue weighted by atomic mass is 9.98. The van der Waals surface area contributed by atoms with Crippen molar-refractivity contribution in [2.45, 2.75) is 36.6 Å². The molecule has 1 amide bonds. The molecular formula is C31H30Cl2N4O3S4. The summed E-state index contributed by atoms with van der Waals surface area (Å²) in [6.45, 7) is 3.14. The first-order valence-electron chi connectivity index (χ1n) is 14.2. The number of carbonyl (C=O) groups is 1. The lowest BCUT2D eigenvalue weighted by Crippen LogP contribution is -2.43. The van der Waals surface area contributed by atoms with Gasteiger partial charge in [0.25, 0.3) is 10.0 Å². The van der Waals surface area contributed by atoms with Crippen LogP contribution >= 0.6 is 58.0 Å². The lowest BCUT2D eigenvalue weighted by Gasteiger charge is -2.30. The van der Waals surface area contributed by atoms with E-state index in [1.165, 1.54) is 26.4 Å². The van der Waals surface area contributed by atoms with Gasteiger partial charge in [-0.15, -0.1) is 46.4 Å². The normalized spacial score (nSPS) is 17.7. The van der Waals surface area contributed by atoms with E-state index in [0.717, 1.165) is 63.2 Å². The van der Waals surface area contributed by atoms with Crippen LogP contribution in [-0.2, 0) is 34.3 Å². The number of halogens is 2. The molecule has 1 atom stereocenters. The molecule has 2 aliphatic rings. The number of aromatic nitrogens is 1. The Labute approximate surface area is 280 Å². The van der Waals surface area contributed by atoms with Gasteiger partial charge in [0.05, 0.1) is 20.5 Å². The SMILES string of the molecule is Cl.O=C(Nc1sc2c(c1-c1nc3ccccc3s1)CCN(Cc1ccccc1)C2)C1CCCN(S(=O)(=O)c2ccc(Cl)s2)C1. The zero-order valence-electron chi connectivity index (χ0n) is 23.6. The van der Waals surface area contributed by atoms with Crippen molar-refractivity contribution in [2.24, 2.45) is 5.92 Å². The summed E-state index contributed by atoms with van der Waals surface area (Å²) in [4.78, 5) is 22.4. The number of hydrogen-bond donors (Lipinski definition) is 1. The summed E-state index contributed by atoms with van der Waals surface area (Å²) in [6, 6.07) is 21.7. The van der Waals surface area contributed by atoms with Gasteiger partial charge >= 0.3 is 0 Å². The van der Waals surface area contributed by atoms with Gasteiger partial charge in [-0.2, -0.15) is 4.31 Å². The monoisotopic (exact) mass is 704 g/mol. The molecule has 1 N–H and O–H groups in total. The standard InChI is InChI=1S/C31H29ClN4O3S4.ClH/c32-26-12-13-27(42-26)43(38,39)36-15-6-9-21(18-36)29(37)34-31-28(30-33-23-10-4-5-11-24(23)40-30)22-14-16-35(19-25(22)41-31)17-20-7-2-1-3-8-20;/h1-5,7-8,10-13,21H,6,9,14-19H2,(H,34,37);1H. The molecule has 5 heterocycles. The zero-order chi connectivity index (χ0) is 29.6. The molecule has 7 rings (SSSR count). The summed E-state index contributed by atoms with van der Waals surface area (Å²) in [7, 11) is -3.70. The van der Waals surface area contributed by atoms with E-state index in [1.807, 2.05) is 24.3 Å². The number of nitrogens with zero attached hydrogens (tertiary/aromatic N) is 3. The molecule has 2 aromatic carbocycles. The average Bonchev–Trinajstić information content (AvgIpc) is 3.74. The zero-order valence-corrected chi connectivity index (χ0v) is 28.4. The van der Waals surface area contributed by atoms with Gasteiger partial charge in [-0.05, 0) is 54.7 Å². The second kappa shape index (κ2) is 13.2. The highest BCUT2D eigenvalue weighted by Gasteiger charge is 2.35. The molecular weight excluding hydrogens is 676 g/mol. The molecule has 0 radical (unpaired) electrons. The van der Waals surface area contributed by atoms with E-state index < -0.39 is 15.9 Å². The van der Waals surface area contributed by atoms with Gasteiger partial charge in [-0.3, -0.25) is 9.69 Å². The van der Waals surface area contributed by atoms with Gasteiger partial charge in [0, 0.05) is 43.2 Å². The molecule has 3 aromatic heterocycles. The molecule has 44 heavy (non-hydrogen) atoms. The molecule has 0 aliphatic carbocycles. The quantitative estimate of drug-likeness (QED) is 0.187. The summed E-state index contributed by atoms with van der Waals surface area (Å²) in [5.41, 5.74) is 4.50. The molecule has 1 saturated heterocycles. The Hall–Kier alpha value is -2.35. The maximum atomic E-state index is 13.8. The molecule has 1 fully saturated rings. The van der Waals surface area contributed by atoms with Crippen molar-refractivity contribution in [2.75, 3.05) is 25.0 Å². The van der Waals surface area contributed by atoms with Gasteiger partial charge in [0.2, 0.25) is 5.91 Å². The number of hydrogen-bond acceptors (Lipinski definition) is 8. The number of nitrogens with one attached hydrogen (secondary N) is 1. The number of amides is 1. The fourth-order valence-electron chi connectivity index (χ4n) is 5.88. The lowest BCUT2D eigenvalue weighted by molar-refractivity contribution is -0.120. The number of piperidine rings is 1. The molecule has 0 spiro atoms. The summed E-state index contributed by atoms with van der Waals surface area (Å²) in [5, 5.41) is 4.96. The predicted molar refractivity (Wildman–Crippen MR) is 184 cm³/mol. The van der Waals surface area contributed by atoms with E-state index in [2.05, 4.69) is 40.5 Å². The third-order valence-corrected chi connectivity index (χ3v) is 13.8. The Morgan fingerprint density at radius 1 is 1.00 bits per heavy atom. The van der Waals surface area contributed by atoms with Crippen molar-refractivity contribution in [1.82, 2.24) is 14.2 Å². The number of anilines is 1. The fraction of sp³-hybridized carbons (Fsp3) is 0.290. The number of para-hydroxylation sites is 1. The third-order valence-electron chi connectivity index (χ3n) is 8.03. The first kappa shape index (κ1) is 31.6. The van der Waals surface area contributed by atoms with E-state index in [4.69, 9.17) is 16.6 Å². The highest BCUT2D eigenvalue weighted by Crippen LogP contribution is 2.46. The van der Waals surface area contributed by atoms with E-state index >= 15 is 0 Å². The molecule has 2 aliphatic heterocycles. The summed E-state index contributed by atoms with van der Waals surface area (Å²) < 4.78 is 29.7. The second-order valence-electron chi connectivity index (χ2n) is 10.9. The third kappa shape index (κ3) is 6.34. The van der Waals surface area contributed by atoms with Gasteiger partial charge in [0.15, 0.2) is 0 Å². The topological polar surface area (TPSA) is 82.6 Å². The number of sulfonamides is 1. The summed E-state index contributed by atoms with van der Waals surface area (Å²) in [5.74, 6) is -0.595. The molecule has 5 aromatic rings. The average molecular weight is 706 g/mol. The fourth-order valence-corrected chi connectivity index (χ4v) is 11.4. The van der Waals surface area contributed by atoms with Crippen LogP contribution in [0.25, 0.3) is 20.8 Å². The minimum absolute atomic E-state index is 0. The Morgan fingerprint density at radius 2 is 1.80 bits per heavy atom. The number of thiazole rings is 1. The first-order valence-corrected chi connectivity index (χ1v) is 18.4. The minimum Gasteiger partial charge on any atom is -0.317 e. The second-order valence-corrected chi connectivity index (χ2v) is 16.9. The van der Waals surface area contributed by atoms with Crippen LogP contribution in [0.5, 0.6) is 0 Å². The number of rotatable bonds is 7. The molecule has 13 heteroatoms. The Kier molecular flexibility index (Phi) is 9.47. The van der Waals surface area contributed by atoms with Gasteiger partial charge in [0.1, 0.15) is 14.2 Å². The van der Waals surface area contributed by atoms with Crippen LogP contribution in [0.1, 0.15) is 28.8 Å². The van der Waals surface area contributed by atoms with E-state index in [1.54, 1.807) is 28.7 Å². The first-order chi connectivity index (χ1) is 20.8. The smallest absolute Gasteiger partial charge is 0.252 e. The van der Waals surface area contributed by atoms with Crippen molar-refractivity contribution < 1.29 is 13.2 Å². The summed E-state index contributed by atoms with van der Waals surface area (Å²) >= 11 is 10.3. The Morgan fingerprint density at radius 3 is 2.57 bits per heavy atom. The molecule has 230 valence electrons. The van der Waals surface area contributed by atoms with E-state index in [-0.39, 0.29) is 29.1 Å². The summed E-state index contributed by atoms with van der Waals surface area (Å²) in [6.07, 6.45) is 2.13. The Balaban J connectivity index is 0.00000343. The molecule has 1 unspecified atom stereocenters. The van der Waals surface area contributed by atoms with Crippen LogP contribution in [0.4, 0.5) is 5.00 Å². The van der Waals surface area contributed by atoms with E-state index in [0.29, 0.717) is 23.7 Å². The van der Waals surface area contributed by atoms with Gasteiger partial charge in [-0.1, -0.05) is 54.1 Å². The number of benzene rings is 2. The van der Waals surface area contributed by atoms with Crippen molar-refractivity contribution in [3.8, 4) is 10.6 Å². The van der Waals surface area contributed by atoms with Gasteiger partial charge in [-0.25, -0.2) is 13.4 Å². The van der Waals surface area contributed by atoms with Crippen molar-refractivity contribution in [3.05, 3.63) is 87.1 Å². The molecule has 0 saturated carbocycles. The van der Waals surface area contributed by atoms with Crippen LogP contribution in [-0.4, -0.2) is 48.1 Å². The number of fused-ring (bicyclic) bond motifs is 2. The highest BCUT2D eigenvalue weighted by molar-refractivity contribution is 7.91. The van der Waals surface area contributed by atoms with Gasteiger partial charge < -0.3 is 5.32 Å². The van der Waals surface area contributed by atoms with E-state index in [9.17, 15) is 13.2 Å². The maximum absolute atomic E-state index is 13.8. The van der Waals surface area contributed by atoms with Crippen LogP contribution in [0.2, 0.25) is 4.34 Å². The van der Waals surface area contributed by atoms with Crippen LogP contribution in [0, 0.1) is 5.92 Å². The largest absolute Gasteiger partial charge is 0.317 e. The maximum Gasteiger partial charge on any atom is 0.252 e. The predicted octanol–water partition coefficient (Wildman–Crippen LogP) is 7.76. The molecule has 7 nitrogen and oxygen atoms in total. The van der Waals surface area contributed by atoms with Crippen molar-refractivity contribution in [1.29, 1.82) is 0 Å². The molecule has 0 bridgehead atoms. The van der Waals surface area contributed by atoms with Crippen LogP contribution in [0.3, 0.4) is 0 Å². The van der Waals surface area contributed by atoms with Crippen molar-refractivity contribution in [3.63, 3.8) is 0 Å². The van der Waals surface area contributed by atoms with Crippen LogP contribution < -0.4 is 5.32 Å². The van der Waals surface area contributed by atoms with Crippen molar-refractivity contribution >= 4 is 89.2 Å². The number of carbonyl (C=O) groups excluding carboxylic acids is 1. The van der Waals surface area contributed by atoms with Crippen LogP contribution in [0.15, 0.2) is 70.9 Å². The minimum atomic E-state index is -3.70. The Bertz CT molecular complexity index is 1870.